The molecule has 2 amide bonds. The SMILES string of the molecule is O=C(C[C@H]1C=C[C@@H](NC(=O)C2CC2)[C@H](CO)O1)NCC1CC1. The smallest absolute Gasteiger partial charge is 0.223 e. The summed E-state index contributed by atoms with van der Waals surface area (Å²) in [5.41, 5.74) is 0. The molecule has 0 bridgehead atoms. The van der Waals surface area contributed by atoms with E-state index < -0.39 is 6.10 Å². The van der Waals surface area contributed by atoms with Gasteiger partial charge in [-0.1, -0.05) is 12.2 Å². The lowest BCUT2D eigenvalue weighted by atomic mass is 10.0. The molecule has 0 unspecified atom stereocenters. The Hall–Kier alpha value is -1.40. The van der Waals surface area contributed by atoms with E-state index in [1.165, 1.54) is 12.8 Å². The molecule has 122 valence electrons. The van der Waals surface area contributed by atoms with Gasteiger partial charge in [0.25, 0.3) is 0 Å². The number of aliphatic hydroxyl groups is 1. The Morgan fingerprint density at radius 1 is 1.18 bits per heavy atom. The molecule has 3 rings (SSSR count). The molecule has 0 spiro atoms. The summed E-state index contributed by atoms with van der Waals surface area (Å²) in [6.07, 6.45) is 7.35. The number of carbonyl (C=O) groups is 2. The van der Waals surface area contributed by atoms with E-state index in [0.717, 1.165) is 19.4 Å². The van der Waals surface area contributed by atoms with Crippen molar-refractivity contribution in [1.82, 2.24) is 10.6 Å². The van der Waals surface area contributed by atoms with Gasteiger partial charge in [0.05, 0.1) is 25.2 Å². The number of nitrogens with one attached hydrogen (secondary N) is 2. The van der Waals surface area contributed by atoms with Crippen molar-refractivity contribution in [2.24, 2.45) is 11.8 Å². The maximum Gasteiger partial charge on any atom is 0.223 e. The van der Waals surface area contributed by atoms with Crippen molar-refractivity contribution in [3.05, 3.63) is 12.2 Å². The van der Waals surface area contributed by atoms with Crippen LogP contribution in [0.25, 0.3) is 0 Å². The number of aliphatic hydroxyl groups excluding tert-OH is 1. The van der Waals surface area contributed by atoms with Crippen LogP contribution < -0.4 is 10.6 Å². The minimum absolute atomic E-state index is 0.0253. The van der Waals surface area contributed by atoms with Crippen LogP contribution in [0, 0.1) is 11.8 Å². The molecule has 0 aromatic heterocycles. The molecule has 3 atom stereocenters. The van der Waals surface area contributed by atoms with E-state index >= 15 is 0 Å². The second kappa shape index (κ2) is 6.79. The molecule has 3 aliphatic rings. The summed E-state index contributed by atoms with van der Waals surface area (Å²) >= 11 is 0. The van der Waals surface area contributed by atoms with Crippen LogP contribution in [-0.4, -0.2) is 48.3 Å². The Bertz CT molecular complexity index is 457. The third-order valence-electron chi connectivity index (χ3n) is 4.39. The highest BCUT2D eigenvalue weighted by Crippen LogP contribution is 2.29. The maximum absolute atomic E-state index is 11.8. The number of rotatable bonds is 7. The van der Waals surface area contributed by atoms with Gasteiger partial charge in [0.1, 0.15) is 6.10 Å². The number of carbonyl (C=O) groups excluding carboxylic acids is 2. The van der Waals surface area contributed by atoms with E-state index in [-0.39, 0.29) is 42.9 Å². The molecule has 0 radical (unpaired) electrons. The van der Waals surface area contributed by atoms with Crippen molar-refractivity contribution < 1.29 is 19.4 Å². The molecule has 6 heteroatoms. The number of hydrogen-bond acceptors (Lipinski definition) is 4. The first-order valence-corrected chi connectivity index (χ1v) is 8.17. The second-order valence-electron chi connectivity index (χ2n) is 6.54. The van der Waals surface area contributed by atoms with Crippen molar-refractivity contribution in [1.29, 1.82) is 0 Å². The molecule has 1 aliphatic heterocycles. The van der Waals surface area contributed by atoms with E-state index in [1.54, 1.807) is 6.08 Å². The highest BCUT2D eigenvalue weighted by molar-refractivity contribution is 5.81. The summed E-state index contributed by atoms with van der Waals surface area (Å²) in [6, 6.07) is -0.316. The van der Waals surface area contributed by atoms with Crippen molar-refractivity contribution in [2.75, 3.05) is 13.2 Å². The van der Waals surface area contributed by atoms with Crippen LogP contribution in [0.15, 0.2) is 12.2 Å². The zero-order valence-corrected chi connectivity index (χ0v) is 12.7. The normalized spacial score (nSPS) is 30.9. The van der Waals surface area contributed by atoms with Crippen molar-refractivity contribution in [3.63, 3.8) is 0 Å². The fourth-order valence-corrected chi connectivity index (χ4v) is 2.60. The van der Waals surface area contributed by atoms with Crippen LogP contribution in [0.3, 0.4) is 0 Å². The van der Waals surface area contributed by atoms with E-state index in [9.17, 15) is 14.7 Å². The van der Waals surface area contributed by atoms with Gasteiger partial charge in [0.15, 0.2) is 0 Å². The van der Waals surface area contributed by atoms with Gasteiger partial charge in [0, 0.05) is 12.5 Å². The summed E-state index contributed by atoms with van der Waals surface area (Å²) < 4.78 is 5.73. The van der Waals surface area contributed by atoms with E-state index in [2.05, 4.69) is 10.6 Å². The Kier molecular flexibility index (Phi) is 4.78. The zero-order valence-electron chi connectivity index (χ0n) is 12.7. The van der Waals surface area contributed by atoms with Crippen LogP contribution >= 0.6 is 0 Å². The van der Waals surface area contributed by atoms with Crippen LogP contribution in [0.2, 0.25) is 0 Å². The third kappa shape index (κ3) is 4.30. The highest BCUT2D eigenvalue weighted by Gasteiger charge is 2.34. The average molecular weight is 308 g/mol. The van der Waals surface area contributed by atoms with Gasteiger partial charge < -0.3 is 20.5 Å². The topological polar surface area (TPSA) is 87.7 Å². The number of ether oxygens (including phenoxy) is 1. The molecule has 1 heterocycles. The Balaban J connectivity index is 1.47. The van der Waals surface area contributed by atoms with Crippen LogP contribution in [-0.2, 0) is 14.3 Å². The van der Waals surface area contributed by atoms with E-state index in [4.69, 9.17) is 4.74 Å². The van der Waals surface area contributed by atoms with Crippen LogP contribution in [0.1, 0.15) is 32.1 Å². The van der Waals surface area contributed by atoms with Gasteiger partial charge in [-0.3, -0.25) is 9.59 Å². The third-order valence-corrected chi connectivity index (χ3v) is 4.39. The van der Waals surface area contributed by atoms with Crippen molar-refractivity contribution >= 4 is 11.8 Å². The fraction of sp³-hybridized carbons (Fsp3) is 0.750. The average Bonchev–Trinajstić information content (AvgIpc) is 3.40. The molecule has 2 aliphatic carbocycles. The first-order valence-electron chi connectivity index (χ1n) is 8.17. The summed E-state index contributed by atoms with van der Waals surface area (Å²) in [5, 5.41) is 15.3. The Labute approximate surface area is 130 Å². The van der Waals surface area contributed by atoms with Crippen LogP contribution in [0.4, 0.5) is 0 Å². The lowest BCUT2D eigenvalue weighted by Crippen LogP contribution is -2.49. The van der Waals surface area contributed by atoms with E-state index in [1.807, 2.05) is 6.08 Å². The lowest BCUT2D eigenvalue weighted by molar-refractivity contribution is -0.128. The Morgan fingerprint density at radius 3 is 2.59 bits per heavy atom. The molecule has 0 saturated heterocycles. The summed E-state index contributed by atoms with van der Waals surface area (Å²) in [6.45, 7) is 0.568. The first-order chi connectivity index (χ1) is 10.7. The fourth-order valence-electron chi connectivity index (χ4n) is 2.60. The predicted molar refractivity (Wildman–Crippen MR) is 79.9 cm³/mol. The van der Waals surface area contributed by atoms with Gasteiger partial charge in [-0.2, -0.15) is 0 Å². The largest absolute Gasteiger partial charge is 0.394 e. The van der Waals surface area contributed by atoms with Crippen LogP contribution in [0.5, 0.6) is 0 Å². The highest BCUT2D eigenvalue weighted by atomic mass is 16.5. The monoisotopic (exact) mass is 308 g/mol. The standard InChI is InChI=1S/C16H24N2O4/c19-9-14-13(18-16(21)11-3-4-11)6-5-12(22-14)7-15(20)17-8-10-1-2-10/h5-6,10-14,19H,1-4,7-9H2,(H,17,20)(H,18,21)/t12-,13-,14+/m1/s1. The molecule has 6 nitrogen and oxygen atoms in total. The van der Waals surface area contributed by atoms with Gasteiger partial charge in [-0.25, -0.2) is 0 Å². The quantitative estimate of drug-likeness (QED) is 0.583. The lowest BCUT2D eigenvalue weighted by Gasteiger charge is -2.31. The second-order valence-corrected chi connectivity index (χ2v) is 6.54. The summed E-state index contributed by atoms with van der Waals surface area (Å²) in [5.74, 6) is 0.772. The summed E-state index contributed by atoms with van der Waals surface area (Å²) in [4.78, 5) is 23.6. The minimum atomic E-state index is -0.492. The van der Waals surface area contributed by atoms with E-state index in [0.29, 0.717) is 5.92 Å². The Morgan fingerprint density at radius 2 is 1.95 bits per heavy atom. The van der Waals surface area contributed by atoms with Crippen molar-refractivity contribution in [3.8, 4) is 0 Å². The maximum atomic E-state index is 11.8. The first kappa shape index (κ1) is 15.5. The zero-order chi connectivity index (χ0) is 15.5. The molecular weight excluding hydrogens is 284 g/mol. The number of hydrogen-bond donors (Lipinski definition) is 3. The molecule has 3 N–H and O–H groups in total. The molecule has 22 heavy (non-hydrogen) atoms. The van der Waals surface area contributed by atoms with Gasteiger partial charge in [-0.05, 0) is 31.6 Å². The number of amides is 2. The molecule has 0 aromatic rings. The molecule has 0 aromatic carbocycles. The summed E-state index contributed by atoms with van der Waals surface area (Å²) in [7, 11) is 0. The van der Waals surface area contributed by atoms with Gasteiger partial charge in [-0.15, -0.1) is 0 Å². The van der Waals surface area contributed by atoms with Gasteiger partial charge in [0.2, 0.25) is 11.8 Å². The predicted octanol–water partition coefficient (Wildman–Crippen LogP) is 0.113. The molecule has 2 saturated carbocycles. The van der Waals surface area contributed by atoms with Crippen molar-refractivity contribution in [2.45, 2.75) is 50.4 Å². The molecular formula is C16H24N2O4. The minimum Gasteiger partial charge on any atom is -0.394 e. The molecule has 2 fully saturated rings. The van der Waals surface area contributed by atoms with Gasteiger partial charge >= 0.3 is 0 Å².